The lowest BCUT2D eigenvalue weighted by atomic mass is 9.81. The van der Waals surface area contributed by atoms with Gasteiger partial charge in [-0.25, -0.2) is 0 Å². The maximum absolute atomic E-state index is 13.8. The van der Waals surface area contributed by atoms with Gasteiger partial charge in [0.05, 0.1) is 0 Å². The molecular formula is C34H59N15O4. The fourth-order valence-electron chi connectivity index (χ4n) is 5.84. The van der Waals surface area contributed by atoms with E-state index in [0.717, 1.165) is 18.4 Å². The average molecular weight is 742 g/mol. The highest BCUT2D eigenvalue weighted by Crippen LogP contribution is 2.29. The van der Waals surface area contributed by atoms with Crippen LogP contribution in [-0.4, -0.2) is 85.1 Å². The van der Waals surface area contributed by atoms with Crippen molar-refractivity contribution in [2.75, 3.05) is 19.6 Å². The number of nitrogens with zero attached hydrogens (tertiary/aromatic N) is 3. The lowest BCUT2D eigenvalue weighted by molar-refractivity contribution is -0.135. The van der Waals surface area contributed by atoms with E-state index < -0.39 is 35.8 Å². The Morgan fingerprint density at radius 2 is 1.25 bits per heavy atom. The number of aliphatic imine (C=N–C) groups is 3. The Labute approximate surface area is 310 Å². The van der Waals surface area contributed by atoms with Gasteiger partial charge in [0.1, 0.15) is 24.0 Å². The monoisotopic (exact) mass is 741 g/mol. The van der Waals surface area contributed by atoms with Crippen LogP contribution in [0.15, 0.2) is 39.2 Å². The molecule has 19 N–H and O–H groups in total. The van der Waals surface area contributed by atoms with Crippen LogP contribution in [0.5, 0.6) is 0 Å². The number of hydrogen-bond acceptors (Lipinski definition) is 8. The van der Waals surface area contributed by atoms with Gasteiger partial charge >= 0.3 is 0 Å². The van der Waals surface area contributed by atoms with E-state index in [1.54, 1.807) is 38.1 Å². The fraction of sp³-hybridized carbons (Fsp3) is 0.588. The van der Waals surface area contributed by atoms with E-state index in [1.807, 2.05) is 0 Å². The first kappa shape index (κ1) is 43.5. The van der Waals surface area contributed by atoms with Gasteiger partial charge in [-0.1, -0.05) is 38.1 Å². The van der Waals surface area contributed by atoms with E-state index in [2.05, 4.69) is 36.2 Å². The van der Waals surface area contributed by atoms with E-state index in [4.69, 9.17) is 45.5 Å². The minimum absolute atomic E-state index is 0.0309. The molecule has 1 fully saturated rings. The number of amidine groups is 1. The summed E-state index contributed by atoms with van der Waals surface area (Å²) in [4.78, 5) is 66.3. The number of benzene rings is 1. The number of nitrogens with one attached hydrogen (secondary N) is 5. The first-order chi connectivity index (χ1) is 25.1. The van der Waals surface area contributed by atoms with Crippen LogP contribution in [0.4, 0.5) is 0 Å². The first-order valence-electron chi connectivity index (χ1n) is 17.9. The Morgan fingerprint density at radius 3 is 1.74 bits per heavy atom. The highest BCUT2D eigenvalue weighted by atomic mass is 16.2. The molecule has 1 aliphatic carbocycles. The summed E-state index contributed by atoms with van der Waals surface area (Å²) in [7, 11) is 0. The van der Waals surface area contributed by atoms with Crippen molar-refractivity contribution in [3.8, 4) is 0 Å². The zero-order valence-corrected chi connectivity index (χ0v) is 30.8. The maximum atomic E-state index is 13.8. The molecule has 0 bridgehead atoms. The van der Waals surface area contributed by atoms with Crippen molar-refractivity contribution in [3.63, 3.8) is 0 Å². The molecule has 2 rings (SSSR count). The minimum Gasteiger partial charge on any atom is -0.384 e. The Balaban J connectivity index is 2.16. The quantitative estimate of drug-likeness (QED) is 0.0367. The molecule has 1 saturated carbocycles. The molecule has 0 saturated heterocycles. The highest BCUT2D eigenvalue weighted by molar-refractivity contribution is 5.95. The second-order valence-corrected chi connectivity index (χ2v) is 13.6. The van der Waals surface area contributed by atoms with Gasteiger partial charge in [-0.3, -0.25) is 39.6 Å². The van der Waals surface area contributed by atoms with E-state index in [1.165, 1.54) is 0 Å². The molecule has 0 aromatic heterocycles. The van der Waals surface area contributed by atoms with Crippen molar-refractivity contribution in [2.24, 2.45) is 72.9 Å². The number of guanidine groups is 3. The van der Waals surface area contributed by atoms with Gasteiger partial charge in [-0.05, 0) is 68.8 Å². The fourth-order valence-corrected chi connectivity index (χ4v) is 5.84. The lowest BCUT2D eigenvalue weighted by Crippen LogP contribution is -2.58. The largest absolute Gasteiger partial charge is 0.384 e. The summed E-state index contributed by atoms with van der Waals surface area (Å²) >= 11 is 0. The standard InChI is InChI=1S/C34H59N15O4/c1-19(2)26(31(53)48-24(5-3-15-43-32(37)38)29(51)45-17-20-7-11-22(12-8-20)27(35)36)49-30(52)25(6-4-16-44-33(39)40)47-28(50)23-13-9-21(10-14-23)18-46-34(41)42/h7-8,11-12,19,21,23-26H,3-6,9-10,13-18H2,1-2H3,(H3,35,36)(H,45,51)(H,47,50)(H,48,53)(H,49,52)(H4,37,38,43)(H4,39,40,44)(H4,41,42,46)/t21?,23?,24-,25-,26-/m0/s1. The molecule has 0 unspecified atom stereocenters. The van der Waals surface area contributed by atoms with Crippen LogP contribution < -0.4 is 61.4 Å². The Bertz CT molecular complexity index is 1460. The Morgan fingerprint density at radius 1 is 0.717 bits per heavy atom. The lowest BCUT2D eigenvalue weighted by Gasteiger charge is -2.30. The summed E-state index contributed by atoms with van der Waals surface area (Å²) in [6.07, 6.45) is 3.94. The van der Waals surface area contributed by atoms with E-state index >= 15 is 0 Å². The van der Waals surface area contributed by atoms with Crippen molar-refractivity contribution in [1.29, 1.82) is 5.41 Å². The number of hydrogen-bond donors (Lipinski definition) is 12. The smallest absolute Gasteiger partial charge is 0.243 e. The molecule has 1 aromatic carbocycles. The Hall–Kier alpha value is -5.62. The number of nitrogen functional groups attached to an aromatic ring is 1. The van der Waals surface area contributed by atoms with Crippen LogP contribution >= 0.6 is 0 Å². The molecule has 0 radical (unpaired) electrons. The van der Waals surface area contributed by atoms with Crippen molar-refractivity contribution >= 4 is 47.3 Å². The van der Waals surface area contributed by atoms with Gasteiger partial charge in [0.25, 0.3) is 0 Å². The molecule has 0 spiro atoms. The van der Waals surface area contributed by atoms with Crippen molar-refractivity contribution in [3.05, 3.63) is 35.4 Å². The summed E-state index contributed by atoms with van der Waals surface area (Å²) in [5, 5.41) is 18.9. The number of amides is 4. The van der Waals surface area contributed by atoms with Gasteiger partial charge in [0.2, 0.25) is 23.6 Å². The average Bonchev–Trinajstić information content (AvgIpc) is 3.10. The topological polar surface area (TPSA) is 359 Å². The molecule has 0 heterocycles. The zero-order chi connectivity index (χ0) is 39.5. The van der Waals surface area contributed by atoms with Crippen LogP contribution in [0.1, 0.15) is 76.3 Å². The van der Waals surface area contributed by atoms with Crippen molar-refractivity contribution < 1.29 is 19.2 Å². The van der Waals surface area contributed by atoms with Crippen LogP contribution in [0.25, 0.3) is 0 Å². The molecule has 294 valence electrons. The normalized spacial score (nSPS) is 16.9. The number of carbonyl (C=O) groups is 4. The van der Waals surface area contributed by atoms with E-state index in [0.29, 0.717) is 37.8 Å². The van der Waals surface area contributed by atoms with Gasteiger partial charge in [0, 0.05) is 37.7 Å². The molecule has 53 heavy (non-hydrogen) atoms. The molecule has 1 aromatic rings. The summed E-state index contributed by atoms with van der Waals surface area (Å²) in [6.45, 7) is 4.65. The minimum atomic E-state index is -1.04. The Kier molecular flexibility index (Phi) is 18.4. The maximum Gasteiger partial charge on any atom is 0.243 e. The van der Waals surface area contributed by atoms with Crippen LogP contribution in [0.3, 0.4) is 0 Å². The summed E-state index contributed by atoms with van der Waals surface area (Å²) in [5.74, 6) is -2.49. The third-order valence-corrected chi connectivity index (χ3v) is 8.88. The van der Waals surface area contributed by atoms with Crippen LogP contribution in [-0.2, 0) is 25.7 Å². The number of nitrogens with two attached hydrogens (primary N) is 7. The van der Waals surface area contributed by atoms with Crippen LogP contribution in [0.2, 0.25) is 0 Å². The van der Waals surface area contributed by atoms with Gasteiger partial charge in [-0.2, -0.15) is 0 Å². The summed E-state index contributed by atoms with van der Waals surface area (Å²) in [5.41, 5.74) is 39.6. The second-order valence-electron chi connectivity index (χ2n) is 13.6. The van der Waals surface area contributed by atoms with Crippen molar-refractivity contribution in [2.45, 2.75) is 89.9 Å². The highest BCUT2D eigenvalue weighted by Gasteiger charge is 2.33. The van der Waals surface area contributed by atoms with E-state index in [-0.39, 0.29) is 79.9 Å². The number of carbonyl (C=O) groups excluding carboxylic acids is 4. The van der Waals surface area contributed by atoms with Gasteiger partial charge in [-0.15, -0.1) is 0 Å². The third kappa shape index (κ3) is 16.5. The molecule has 4 amide bonds. The predicted molar refractivity (Wildman–Crippen MR) is 206 cm³/mol. The molecule has 0 aliphatic heterocycles. The second kappa shape index (κ2) is 22.3. The SMILES string of the molecule is CC(C)[C@H](NC(=O)[C@H](CCCN=C(N)N)NC(=O)C1CCC(CN=C(N)N)CC1)C(=O)N[C@@H](CCCN=C(N)N)C(=O)NCc1ccc(C(=N)N)cc1. The molecular weight excluding hydrogens is 682 g/mol. The van der Waals surface area contributed by atoms with Crippen LogP contribution in [0, 0.1) is 23.2 Å². The zero-order valence-electron chi connectivity index (χ0n) is 30.8. The molecule has 3 atom stereocenters. The van der Waals surface area contributed by atoms with E-state index in [9.17, 15) is 19.2 Å². The first-order valence-corrected chi connectivity index (χ1v) is 17.9. The number of rotatable bonds is 21. The molecule has 19 nitrogen and oxygen atoms in total. The molecule has 19 heteroatoms. The molecule has 1 aliphatic rings. The summed E-state index contributed by atoms with van der Waals surface area (Å²) in [6, 6.07) is 3.82. The van der Waals surface area contributed by atoms with Gasteiger partial charge in [0.15, 0.2) is 17.9 Å². The third-order valence-electron chi connectivity index (χ3n) is 8.88. The predicted octanol–water partition coefficient (Wildman–Crippen LogP) is -2.12. The van der Waals surface area contributed by atoms with Gasteiger partial charge < -0.3 is 61.4 Å². The van der Waals surface area contributed by atoms with Crippen molar-refractivity contribution in [1.82, 2.24) is 21.3 Å². The summed E-state index contributed by atoms with van der Waals surface area (Å²) < 4.78 is 0.